The lowest BCUT2D eigenvalue weighted by Gasteiger charge is -2.43. The van der Waals surface area contributed by atoms with Crippen LogP contribution < -0.4 is 0 Å². The Morgan fingerprint density at radius 2 is 1.79 bits per heavy atom. The fraction of sp³-hybridized carbons (Fsp3) is 0.455. The number of rotatable bonds is 3. The molecular weight excluding hydrogens is 180 g/mol. The van der Waals surface area contributed by atoms with Gasteiger partial charge in [-0.15, -0.1) is 0 Å². The molecule has 1 heterocycles. The number of ether oxygens (including phenoxy) is 1. The molecule has 0 aliphatic carbocycles. The zero-order valence-electron chi connectivity index (χ0n) is 7.84. The van der Waals surface area contributed by atoms with Crippen molar-refractivity contribution in [3.63, 3.8) is 0 Å². The van der Waals surface area contributed by atoms with Gasteiger partial charge in [-0.05, 0) is 5.56 Å². The summed E-state index contributed by atoms with van der Waals surface area (Å²) >= 11 is 0. The maximum absolute atomic E-state index is 9.13. The van der Waals surface area contributed by atoms with E-state index in [1.165, 1.54) is 0 Å². The Bertz CT molecular complexity index is 286. The summed E-state index contributed by atoms with van der Waals surface area (Å²) in [5.41, 5.74) is 1.07. The van der Waals surface area contributed by atoms with E-state index in [4.69, 9.17) is 14.9 Å². The zero-order chi connectivity index (χ0) is 9.97. The lowest BCUT2D eigenvalue weighted by atomic mass is 9.86. The highest BCUT2D eigenvalue weighted by Crippen LogP contribution is 2.40. The average Bonchev–Trinajstić information content (AvgIpc) is 2.19. The predicted molar refractivity (Wildman–Crippen MR) is 51.7 cm³/mol. The van der Waals surface area contributed by atoms with Crippen molar-refractivity contribution in [2.75, 3.05) is 13.2 Å². The van der Waals surface area contributed by atoms with Crippen LogP contribution in [0.5, 0.6) is 0 Å². The Balaban J connectivity index is 2.08. The Labute approximate surface area is 83.0 Å². The summed E-state index contributed by atoms with van der Waals surface area (Å²) < 4.78 is 5.47. The van der Waals surface area contributed by atoms with Crippen molar-refractivity contribution in [1.29, 1.82) is 0 Å². The first-order valence-electron chi connectivity index (χ1n) is 4.79. The topological polar surface area (TPSA) is 49.7 Å². The molecule has 1 aliphatic rings. The third-order valence-corrected chi connectivity index (χ3v) is 2.71. The van der Waals surface area contributed by atoms with Gasteiger partial charge in [0.25, 0.3) is 0 Å². The van der Waals surface area contributed by atoms with Gasteiger partial charge in [-0.3, -0.25) is 0 Å². The SMILES string of the molecule is OC[C@@H]1[C@@H](CO)O[C@H]1c1ccccc1. The van der Waals surface area contributed by atoms with Gasteiger partial charge in [0.15, 0.2) is 0 Å². The van der Waals surface area contributed by atoms with Crippen LogP contribution in [0.1, 0.15) is 11.7 Å². The first kappa shape index (κ1) is 9.65. The van der Waals surface area contributed by atoms with Gasteiger partial charge >= 0.3 is 0 Å². The maximum atomic E-state index is 9.13. The molecule has 3 nitrogen and oxygen atoms in total. The van der Waals surface area contributed by atoms with E-state index in [9.17, 15) is 0 Å². The first-order chi connectivity index (χ1) is 6.86. The van der Waals surface area contributed by atoms with Crippen LogP contribution in [0.25, 0.3) is 0 Å². The third-order valence-electron chi connectivity index (χ3n) is 2.71. The fourth-order valence-electron chi connectivity index (χ4n) is 1.86. The molecule has 1 aliphatic heterocycles. The minimum atomic E-state index is -0.204. The number of hydrogen-bond acceptors (Lipinski definition) is 3. The fourth-order valence-corrected chi connectivity index (χ4v) is 1.86. The quantitative estimate of drug-likeness (QED) is 0.745. The van der Waals surface area contributed by atoms with Crippen LogP contribution in [0.4, 0.5) is 0 Å². The molecule has 1 aromatic rings. The highest BCUT2D eigenvalue weighted by atomic mass is 16.5. The maximum Gasteiger partial charge on any atom is 0.0905 e. The minimum absolute atomic E-state index is 0.0193. The van der Waals surface area contributed by atoms with Crippen LogP contribution >= 0.6 is 0 Å². The number of aliphatic hydroxyl groups excluding tert-OH is 2. The van der Waals surface area contributed by atoms with Crippen molar-refractivity contribution in [1.82, 2.24) is 0 Å². The van der Waals surface area contributed by atoms with Crippen molar-refractivity contribution < 1.29 is 14.9 Å². The summed E-state index contributed by atoms with van der Waals surface area (Å²) in [5.74, 6) is 0.0300. The van der Waals surface area contributed by atoms with Gasteiger partial charge in [-0.1, -0.05) is 30.3 Å². The molecule has 3 atom stereocenters. The molecule has 2 N–H and O–H groups in total. The summed E-state index contributed by atoms with van der Waals surface area (Å²) in [4.78, 5) is 0. The second-order valence-electron chi connectivity index (χ2n) is 3.53. The lowest BCUT2D eigenvalue weighted by Crippen LogP contribution is -2.47. The van der Waals surface area contributed by atoms with E-state index in [0.29, 0.717) is 0 Å². The molecule has 0 radical (unpaired) electrons. The molecule has 76 valence electrons. The van der Waals surface area contributed by atoms with E-state index in [1.54, 1.807) is 0 Å². The van der Waals surface area contributed by atoms with Crippen LogP contribution in [-0.4, -0.2) is 29.5 Å². The average molecular weight is 194 g/mol. The smallest absolute Gasteiger partial charge is 0.0905 e. The molecule has 0 amide bonds. The molecule has 0 bridgehead atoms. The van der Waals surface area contributed by atoms with Crippen molar-refractivity contribution in [3.05, 3.63) is 35.9 Å². The van der Waals surface area contributed by atoms with Gasteiger partial charge in [0.1, 0.15) is 0 Å². The van der Waals surface area contributed by atoms with Crippen LogP contribution in [-0.2, 0) is 4.74 Å². The molecule has 3 heteroatoms. The van der Waals surface area contributed by atoms with Crippen molar-refractivity contribution in [3.8, 4) is 0 Å². The summed E-state index contributed by atoms with van der Waals surface area (Å²) in [6.07, 6.45) is -0.261. The molecule has 1 fully saturated rings. The molecule has 0 saturated carbocycles. The highest BCUT2D eigenvalue weighted by molar-refractivity contribution is 5.20. The van der Waals surface area contributed by atoms with E-state index < -0.39 is 0 Å². The third kappa shape index (κ3) is 1.54. The van der Waals surface area contributed by atoms with E-state index in [1.807, 2.05) is 30.3 Å². The van der Waals surface area contributed by atoms with Crippen molar-refractivity contribution in [2.45, 2.75) is 12.2 Å². The number of hydrogen-bond donors (Lipinski definition) is 2. The standard InChI is InChI=1S/C11H14O3/c12-6-9-10(7-13)14-11(9)8-4-2-1-3-5-8/h1-5,9-13H,6-7H2/t9-,10-,11+/m1/s1. The summed E-state index contributed by atoms with van der Waals surface area (Å²) in [5, 5.41) is 18.0. The highest BCUT2D eigenvalue weighted by Gasteiger charge is 2.42. The Kier molecular flexibility index (Phi) is 2.82. The Morgan fingerprint density at radius 1 is 1.07 bits per heavy atom. The lowest BCUT2D eigenvalue weighted by molar-refractivity contribution is -0.213. The molecule has 1 aromatic carbocycles. The molecule has 0 unspecified atom stereocenters. The molecule has 0 spiro atoms. The number of benzene rings is 1. The summed E-state index contributed by atoms with van der Waals surface area (Å²) in [6, 6.07) is 9.78. The van der Waals surface area contributed by atoms with Gasteiger partial charge in [0.05, 0.1) is 25.4 Å². The van der Waals surface area contributed by atoms with E-state index >= 15 is 0 Å². The monoisotopic (exact) mass is 194 g/mol. The van der Waals surface area contributed by atoms with Gasteiger partial charge in [0.2, 0.25) is 0 Å². The van der Waals surface area contributed by atoms with Crippen LogP contribution in [0.2, 0.25) is 0 Å². The van der Waals surface area contributed by atoms with Gasteiger partial charge in [-0.2, -0.15) is 0 Å². The normalized spacial score (nSPS) is 31.1. The zero-order valence-corrected chi connectivity index (χ0v) is 7.84. The van der Waals surface area contributed by atoms with Gasteiger partial charge in [-0.25, -0.2) is 0 Å². The van der Waals surface area contributed by atoms with Crippen molar-refractivity contribution in [2.24, 2.45) is 5.92 Å². The Morgan fingerprint density at radius 3 is 2.36 bits per heavy atom. The number of aliphatic hydroxyl groups is 2. The molecule has 14 heavy (non-hydrogen) atoms. The largest absolute Gasteiger partial charge is 0.396 e. The van der Waals surface area contributed by atoms with E-state index in [0.717, 1.165) is 5.56 Å². The Hall–Kier alpha value is -0.900. The van der Waals surface area contributed by atoms with E-state index in [2.05, 4.69) is 0 Å². The minimum Gasteiger partial charge on any atom is -0.396 e. The summed E-state index contributed by atoms with van der Waals surface area (Å²) in [7, 11) is 0. The molecule has 0 aromatic heterocycles. The molecular formula is C11H14O3. The van der Waals surface area contributed by atoms with Crippen LogP contribution in [0, 0.1) is 5.92 Å². The van der Waals surface area contributed by atoms with Gasteiger partial charge in [0, 0.05) is 5.92 Å². The van der Waals surface area contributed by atoms with Crippen molar-refractivity contribution >= 4 is 0 Å². The molecule has 1 saturated heterocycles. The second kappa shape index (κ2) is 4.09. The molecule has 2 rings (SSSR count). The van der Waals surface area contributed by atoms with Gasteiger partial charge < -0.3 is 14.9 Å². The second-order valence-corrected chi connectivity index (χ2v) is 3.53. The summed E-state index contributed by atoms with van der Waals surface area (Å²) in [6.45, 7) is 0.0410. The predicted octanol–water partition coefficient (Wildman–Crippen LogP) is 0.727. The first-order valence-corrected chi connectivity index (χ1v) is 4.79. The van der Waals surface area contributed by atoms with E-state index in [-0.39, 0.29) is 31.3 Å². The van der Waals surface area contributed by atoms with Crippen LogP contribution in [0.15, 0.2) is 30.3 Å². The van der Waals surface area contributed by atoms with Crippen LogP contribution in [0.3, 0.4) is 0 Å².